The first-order valence-corrected chi connectivity index (χ1v) is 8.12. The minimum absolute atomic E-state index is 1.25. The molecule has 0 bridgehead atoms. The average Bonchev–Trinajstić information content (AvgIpc) is 2.54. The molecule has 0 saturated carbocycles. The van der Waals surface area contributed by atoms with Crippen LogP contribution < -0.4 is 16.0 Å². The average molecular weight is 255 g/mol. The van der Waals surface area contributed by atoms with Gasteiger partial charge in [-0.25, -0.2) is 0 Å². The van der Waals surface area contributed by atoms with Gasteiger partial charge in [-0.2, -0.15) is 0 Å². The van der Waals surface area contributed by atoms with Crippen molar-refractivity contribution >= 4 is 0 Å². The molecule has 3 nitrogen and oxygen atoms in total. The summed E-state index contributed by atoms with van der Waals surface area (Å²) in [6, 6.07) is 0. The van der Waals surface area contributed by atoms with E-state index < -0.39 is 0 Å². The first kappa shape index (κ1) is 15.9. The third-order valence-corrected chi connectivity index (χ3v) is 3.62. The van der Waals surface area contributed by atoms with Crippen LogP contribution in [-0.2, 0) is 0 Å². The molecule has 3 aliphatic rings. The standard InChI is InChI=1S/3C5H11N/c3*1-2-4-6-5-3-1/h3*6H,1-5H2. The van der Waals surface area contributed by atoms with Gasteiger partial charge in [0.2, 0.25) is 0 Å². The maximum atomic E-state index is 3.28. The summed E-state index contributed by atoms with van der Waals surface area (Å²) in [6.45, 7) is 7.50. The molecule has 0 unspecified atom stereocenters. The van der Waals surface area contributed by atoms with Crippen LogP contribution in [0.25, 0.3) is 0 Å². The predicted molar refractivity (Wildman–Crippen MR) is 80.2 cm³/mol. The second-order valence-electron chi connectivity index (χ2n) is 5.43. The maximum absolute atomic E-state index is 3.28. The Morgan fingerprint density at radius 2 is 0.500 bits per heavy atom. The van der Waals surface area contributed by atoms with Crippen LogP contribution in [0.4, 0.5) is 0 Å². The molecule has 3 heterocycles. The molecule has 0 atom stereocenters. The molecule has 108 valence electrons. The Balaban J connectivity index is 0.000000135. The van der Waals surface area contributed by atoms with Gasteiger partial charge in [0.15, 0.2) is 0 Å². The molecule has 3 heteroatoms. The van der Waals surface area contributed by atoms with Crippen molar-refractivity contribution in [1.82, 2.24) is 16.0 Å². The molecule has 3 aliphatic heterocycles. The molecule has 3 fully saturated rings. The van der Waals surface area contributed by atoms with E-state index in [-0.39, 0.29) is 0 Å². The van der Waals surface area contributed by atoms with E-state index in [9.17, 15) is 0 Å². The van der Waals surface area contributed by atoms with Gasteiger partial charge in [0.25, 0.3) is 0 Å². The van der Waals surface area contributed by atoms with E-state index in [1.807, 2.05) is 0 Å². The highest BCUT2D eigenvalue weighted by Gasteiger charge is 1.94. The van der Waals surface area contributed by atoms with Crippen molar-refractivity contribution in [3.63, 3.8) is 0 Å². The molecule has 18 heavy (non-hydrogen) atoms. The van der Waals surface area contributed by atoms with Gasteiger partial charge >= 0.3 is 0 Å². The number of hydrogen-bond acceptors (Lipinski definition) is 3. The molecular weight excluding hydrogens is 222 g/mol. The van der Waals surface area contributed by atoms with Crippen LogP contribution in [0.15, 0.2) is 0 Å². The van der Waals surface area contributed by atoms with Crippen LogP contribution in [0.5, 0.6) is 0 Å². The van der Waals surface area contributed by atoms with Gasteiger partial charge < -0.3 is 16.0 Å². The molecule has 3 saturated heterocycles. The van der Waals surface area contributed by atoms with E-state index in [2.05, 4.69) is 16.0 Å². The lowest BCUT2D eigenvalue weighted by Crippen LogP contribution is -2.21. The van der Waals surface area contributed by atoms with Crippen molar-refractivity contribution in [3.05, 3.63) is 0 Å². The van der Waals surface area contributed by atoms with Crippen LogP contribution in [0.2, 0.25) is 0 Å². The lowest BCUT2D eigenvalue weighted by molar-refractivity contribution is 0.520. The van der Waals surface area contributed by atoms with Crippen LogP contribution in [0, 0.1) is 0 Å². The molecule has 3 rings (SSSR count). The van der Waals surface area contributed by atoms with Crippen molar-refractivity contribution in [2.75, 3.05) is 39.3 Å². The molecule has 0 amide bonds. The van der Waals surface area contributed by atoms with Crippen LogP contribution in [-0.4, -0.2) is 39.3 Å². The highest BCUT2D eigenvalue weighted by atomic mass is 14.9. The Bertz CT molecular complexity index is 86.8. The van der Waals surface area contributed by atoms with E-state index in [1.165, 1.54) is 97.1 Å². The molecule has 0 aliphatic carbocycles. The highest BCUT2D eigenvalue weighted by Crippen LogP contribution is 1.97. The first-order chi connectivity index (χ1) is 9.00. The van der Waals surface area contributed by atoms with Gasteiger partial charge in [0, 0.05) is 0 Å². The number of piperidine rings is 3. The number of hydrogen-bond donors (Lipinski definition) is 3. The SMILES string of the molecule is C1CCNCC1.C1CCNCC1.C1CCNCC1. The Morgan fingerprint density at radius 1 is 0.278 bits per heavy atom. The largest absolute Gasteiger partial charge is 0.317 e. The third kappa shape index (κ3) is 11.0. The fourth-order valence-corrected chi connectivity index (χ4v) is 2.41. The van der Waals surface area contributed by atoms with Crippen molar-refractivity contribution in [2.24, 2.45) is 0 Å². The quantitative estimate of drug-likeness (QED) is 0.621. The van der Waals surface area contributed by atoms with Gasteiger partial charge in [0.1, 0.15) is 0 Å². The molecule has 0 spiro atoms. The van der Waals surface area contributed by atoms with Gasteiger partial charge in [-0.15, -0.1) is 0 Å². The summed E-state index contributed by atoms with van der Waals surface area (Å²) in [5.41, 5.74) is 0. The molecule has 0 aromatic rings. The maximum Gasteiger partial charge on any atom is -0.00489 e. The molecular formula is C15H33N3. The summed E-state index contributed by atoms with van der Waals surface area (Å²) in [5.74, 6) is 0. The van der Waals surface area contributed by atoms with E-state index in [0.29, 0.717) is 0 Å². The Hall–Kier alpha value is -0.120. The number of nitrogens with one attached hydrogen (secondary N) is 3. The van der Waals surface area contributed by atoms with E-state index in [4.69, 9.17) is 0 Å². The van der Waals surface area contributed by atoms with Crippen molar-refractivity contribution < 1.29 is 0 Å². The highest BCUT2D eigenvalue weighted by molar-refractivity contribution is 4.56. The summed E-state index contributed by atoms with van der Waals surface area (Å²) in [7, 11) is 0. The summed E-state index contributed by atoms with van der Waals surface area (Å²) >= 11 is 0. The predicted octanol–water partition coefficient (Wildman–Crippen LogP) is 2.28. The molecule has 0 aromatic heterocycles. The van der Waals surface area contributed by atoms with E-state index in [0.717, 1.165) is 0 Å². The zero-order valence-corrected chi connectivity index (χ0v) is 12.1. The number of rotatable bonds is 0. The molecule has 3 N–H and O–H groups in total. The first-order valence-electron chi connectivity index (χ1n) is 8.12. The topological polar surface area (TPSA) is 36.1 Å². The summed E-state index contributed by atoms with van der Waals surface area (Å²) in [4.78, 5) is 0. The van der Waals surface area contributed by atoms with Gasteiger partial charge in [-0.3, -0.25) is 0 Å². The van der Waals surface area contributed by atoms with Gasteiger partial charge in [-0.1, -0.05) is 19.3 Å². The lowest BCUT2D eigenvalue weighted by atomic mass is 10.2. The van der Waals surface area contributed by atoms with Crippen molar-refractivity contribution in [3.8, 4) is 0 Å². The minimum Gasteiger partial charge on any atom is -0.317 e. The second kappa shape index (κ2) is 13.3. The lowest BCUT2D eigenvalue weighted by Gasteiger charge is -2.08. The van der Waals surface area contributed by atoms with Crippen LogP contribution >= 0.6 is 0 Å². The van der Waals surface area contributed by atoms with Crippen LogP contribution in [0.1, 0.15) is 57.8 Å². The van der Waals surface area contributed by atoms with Gasteiger partial charge in [-0.05, 0) is 77.8 Å². The van der Waals surface area contributed by atoms with E-state index in [1.54, 1.807) is 0 Å². The Kier molecular flexibility index (Phi) is 11.8. The fourth-order valence-electron chi connectivity index (χ4n) is 2.41. The summed E-state index contributed by atoms with van der Waals surface area (Å²) < 4.78 is 0. The zero-order chi connectivity index (χ0) is 12.7. The normalized spacial score (nSPS) is 24.0. The summed E-state index contributed by atoms with van der Waals surface area (Å²) in [6.07, 6.45) is 12.6. The van der Waals surface area contributed by atoms with Gasteiger partial charge in [0.05, 0.1) is 0 Å². The minimum atomic E-state index is 1.25. The smallest absolute Gasteiger partial charge is 0.00489 e. The molecule has 0 aromatic carbocycles. The third-order valence-electron chi connectivity index (χ3n) is 3.62. The van der Waals surface area contributed by atoms with Crippen LogP contribution in [0.3, 0.4) is 0 Å². The zero-order valence-electron chi connectivity index (χ0n) is 12.1. The monoisotopic (exact) mass is 255 g/mol. The van der Waals surface area contributed by atoms with Crippen molar-refractivity contribution in [1.29, 1.82) is 0 Å². The Morgan fingerprint density at radius 3 is 0.556 bits per heavy atom. The Labute approximate surface area is 113 Å². The molecule has 0 radical (unpaired) electrons. The second-order valence-corrected chi connectivity index (χ2v) is 5.43. The summed E-state index contributed by atoms with van der Waals surface area (Å²) in [5, 5.41) is 9.85. The van der Waals surface area contributed by atoms with E-state index >= 15 is 0 Å². The van der Waals surface area contributed by atoms with Crippen molar-refractivity contribution in [2.45, 2.75) is 57.8 Å². The fraction of sp³-hybridized carbons (Fsp3) is 1.00.